The highest BCUT2D eigenvalue weighted by molar-refractivity contribution is 7.13. The minimum Gasteiger partial charge on any atom is -0.391 e. The molecule has 3 atom stereocenters. The molecule has 0 aliphatic carbocycles. The lowest BCUT2D eigenvalue weighted by atomic mass is 9.86. The Bertz CT molecular complexity index is 944. The number of benzene rings is 1. The molecule has 10 heteroatoms. The quantitative estimate of drug-likeness (QED) is 0.565. The number of thiazole rings is 1. The molecular weight excluding hydrogens is 450 g/mol. The topological polar surface area (TPSA) is 112 Å². The van der Waals surface area contributed by atoms with Gasteiger partial charge in [-0.2, -0.15) is 0 Å². The smallest absolute Gasteiger partial charge is 0.261 e. The van der Waals surface area contributed by atoms with Crippen molar-refractivity contribution in [2.45, 2.75) is 52.3 Å². The van der Waals surface area contributed by atoms with Crippen molar-refractivity contribution in [1.29, 1.82) is 0 Å². The number of rotatable bonds is 5. The number of hydrogen-bond acceptors (Lipinski definition) is 7. The molecule has 0 bridgehead atoms. The first-order valence-electron chi connectivity index (χ1n) is 10.3. The second-order valence-corrected chi connectivity index (χ2v) is 9.94. The molecule has 2 heterocycles. The Kier molecular flexibility index (Phi) is 8.27. The van der Waals surface area contributed by atoms with Gasteiger partial charge in [0.15, 0.2) is 0 Å². The van der Waals surface area contributed by atoms with Crippen molar-refractivity contribution in [3.63, 3.8) is 0 Å². The van der Waals surface area contributed by atoms with E-state index in [9.17, 15) is 14.7 Å². The van der Waals surface area contributed by atoms with E-state index in [0.717, 1.165) is 21.8 Å². The summed E-state index contributed by atoms with van der Waals surface area (Å²) in [6, 6.07) is 6.27. The fourth-order valence-electron chi connectivity index (χ4n) is 3.57. The van der Waals surface area contributed by atoms with Gasteiger partial charge < -0.3 is 15.7 Å². The molecule has 1 saturated heterocycles. The highest BCUT2D eigenvalue weighted by Crippen LogP contribution is 2.29. The number of hydrogen-bond donors (Lipinski definition) is 3. The molecule has 2 amide bonds. The standard InChI is InChI=1S/C22H31N5O3S.ClH/c1-13-18(31-12-24-13)14-6-8-15(9-7-14)26(5)25-20(29)17-10-16(28)11-27(17)21(30)19(23)22(2,3)4;/h6-9,12,16-17,19,28H,10-11,23H2,1-5H3,(H,25,29);1H/t16-,17+,19-;/m1./s1. The lowest BCUT2D eigenvalue weighted by molar-refractivity contribution is -0.141. The molecular formula is C22H32ClN5O3S. The van der Waals surface area contributed by atoms with Crippen LogP contribution in [-0.2, 0) is 9.59 Å². The van der Waals surface area contributed by atoms with Crippen LogP contribution in [0.15, 0.2) is 29.8 Å². The van der Waals surface area contributed by atoms with Crippen LogP contribution in [0.2, 0.25) is 0 Å². The third kappa shape index (κ3) is 5.58. The van der Waals surface area contributed by atoms with Crippen LogP contribution in [0.5, 0.6) is 0 Å². The van der Waals surface area contributed by atoms with E-state index in [-0.39, 0.29) is 37.2 Å². The van der Waals surface area contributed by atoms with Gasteiger partial charge in [-0.25, -0.2) is 4.98 Å². The minimum atomic E-state index is -0.766. The maximum atomic E-state index is 13.0. The summed E-state index contributed by atoms with van der Waals surface area (Å²) in [6.07, 6.45) is -0.564. The van der Waals surface area contributed by atoms with E-state index in [2.05, 4.69) is 10.4 Å². The number of amides is 2. The van der Waals surface area contributed by atoms with Crippen molar-refractivity contribution >= 4 is 41.2 Å². The van der Waals surface area contributed by atoms with E-state index in [4.69, 9.17) is 5.73 Å². The first-order valence-corrected chi connectivity index (χ1v) is 11.2. The number of nitrogens with zero attached hydrogens (tertiary/aromatic N) is 3. The summed E-state index contributed by atoms with van der Waals surface area (Å²) in [5.74, 6) is -0.674. The molecule has 8 nitrogen and oxygen atoms in total. The van der Waals surface area contributed by atoms with E-state index >= 15 is 0 Å². The lowest BCUT2D eigenvalue weighted by Crippen LogP contribution is -2.56. The number of β-amino-alcohol motifs (C(OH)–C–C–N with tert-alkyl or cyclic N) is 1. The van der Waals surface area contributed by atoms with Crippen LogP contribution in [0.25, 0.3) is 10.4 Å². The Hall–Kier alpha value is -2.20. The van der Waals surface area contributed by atoms with Crippen LogP contribution >= 0.6 is 23.7 Å². The number of nitrogens with two attached hydrogens (primary N) is 1. The number of likely N-dealkylation sites (tertiary alicyclic amines) is 1. The second kappa shape index (κ2) is 10.2. The van der Waals surface area contributed by atoms with Gasteiger partial charge >= 0.3 is 0 Å². The number of aliphatic hydroxyl groups excluding tert-OH is 1. The van der Waals surface area contributed by atoms with Crippen molar-refractivity contribution in [2.24, 2.45) is 11.1 Å². The largest absolute Gasteiger partial charge is 0.391 e. The van der Waals surface area contributed by atoms with Crippen LogP contribution in [0.3, 0.4) is 0 Å². The molecule has 0 radical (unpaired) electrons. The van der Waals surface area contributed by atoms with Crippen LogP contribution in [-0.4, -0.2) is 58.6 Å². The van der Waals surface area contributed by atoms with Crippen LogP contribution in [0.4, 0.5) is 5.69 Å². The molecule has 1 fully saturated rings. The van der Waals surface area contributed by atoms with Crippen molar-refractivity contribution in [2.75, 3.05) is 18.6 Å². The molecule has 1 aromatic heterocycles. The zero-order valence-electron chi connectivity index (χ0n) is 19.0. The van der Waals surface area contributed by atoms with E-state index in [0.29, 0.717) is 0 Å². The van der Waals surface area contributed by atoms with E-state index in [1.165, 1.54) is 4.90 Å². The maximum Gasteiger partial charge on any atom is 0.261 e. The number of aromatic nitrogens is 1. The molecule has 2 aromatic rings. The summed E-state index contributed by atoms with van der Waals surface area (Å²) in [5.41, 5.74) is 13.2. The van der Waals surface area contributed by atoms with Gasteiger partial charge in [-0.15, -0.1) is 23.7 Å². The predicted molar refractivity (Wildman–Crippen MR) is 130 cm³/mol. The third-order valence-electron chi connectivity index (χ3n) is 5.60. The molecule has 1 aromatic carbocycles. The molecule has 4 N–H and O–H groups in total. The summed E-state index contributed by atoms with van der Waals surface area (Å²) in [7, 11) is 1.74. The Balaban J connectivity index is 0.00000363. The predicted octanol–water partition coefficient (Wildman–Crippen LogP) is 2.34. The number of carbonyl (C=O) groups is 2. The Labute approximate surface area is 199 Å². The molecule has 176 valence electrons. The van der Waals surface area contributed by atoms with Gasteiger partial charge in [0.05, 0.1) is 33.9 Å². The van der Waals surface area contributed by atoms with Crippen molar-refractivity contribution in [3.8, 4) is 10.4 Å². The van der Waals surface area contributed by atoms with E-state index < -0.39 is 23.6 Å². The van der Waals surface area contributed by atoms with Crippen molar-refractivity contribution in [3.05, 3.63) is 35.5 Å². The van der Waals surface area contributed by atoms with Gasteiger partial charge in [0.2, 0.25) is 5.91 Å². The number of carbonyl (C=O) groups excluding carboxylic acids is 2. The zero-order valence-corrected chi connectivity index (χ0v) is 20.7. The van der Waals surface area contributed by atoms with Crippen molar-refractivity contribution < 1.29 is 14.7 Å². The number of anilines is 1. The van der Waals surface area contributed by atoms with E-state index in [1.807, 2.05) is 57.5 Å². The highest BCUT2D eigenvalue weighted by atomic mass is 35.5. The first kappa shape index (κ1) is 26.1. The average Bonchev–Trinajstić information content (AvgIpc) is 3.31. The normalized spacial score (nSPS) is 19.3. The number of hydrazine groups is 1. The Morgan fingerprint density at radius 2 is 1.94 bits per heavy atom. The molecule has 0 spiro atoms. The summed E-state index contributed by atoms with van der Waals surface area (Å²) in [5, 5.41) is 11.7. The van der Waals surface area contributed by atoms with Gasteiger partial charge in [0, 0.05) is 20.0 Å². The number of halogens is 1. The SMILES string of the molecule is Cc1ncsc1-c1ccc(N(C)NC(=O)[C@@H]2C[C@@H](O)CN2C(=O)[C@@H](N)C(C)(C)C)cc1.Cl. The molecule has 1 aliphatic heterocycles. The fourth-order valence-corrected chi connectivity index (χ4v) is 4.39. The number of aliphatic hydroxyl groups is 1. The monoisotopic (exact) mass is 481 g/mol. The van der Waals surface area contributed by atoms with Gasteiger partial charge in [0.1, 0.15) is 6.04 Å². The molecule has 0 unspecified atom stereocenters. The molecule has 1 aliphatic rings. The van der Waals surface area contributed by atoms with Gasteiger partial charge in [0.25, 0.3) is 5.91 Å². The van der Waals surface area contributed by atoms with Crippen LogP contribution in [0.1, 0.15) is 32.9 Å². The summed E-state index contributed by atoms with van der Waals surface area (Å²) in [4.78, 5) is 32.6. The summed E-state index contributed by atoms with van der Waals surface area (Å²) >= 11 is 1.59. The average molecular weight is 482 g/mol. The summed E-state index contributed by atoms with van der Waals surface area (Å²) < 4.78 is 0. The van der Waals surface area contributed by atoms with Crippen molar-refractivity contribution in [1.82, 2.24) is 15.3 Å². The zero-order chi connectivity index (χ0) is 22.9. The van der Waals surface area contributed by atoms with Crippen LogP contribution < -0.4 is 16.2 Å². The molecule has 3 rings (SSSR count). The Morgan fingerprint density at radius 3 is 2.47 bits per heavy atom. The van der Waals surface area contributed by atoms with Gasteiger partial charge in [-0.05, 0) is 30.0 Å². The van der Waals surface area contributed by atoms with Gasteiger partial charge in [-0.3, -0.25) is 20.0 Å². The Morgan fingerprint density at radius 1 is 1.31 bits per heavy atom. The molecule has 0 saturated carbocycles. The second-order valence-electron chi connectivity index (χ2n) is 9.09. The highest BCUT2D eigenvalue weighted by Gasteiger charge is 2.42. The third-order valence-corrected chi connectivity index (χ3v) is 6.58. The fraction of sp³-hybridized carbons (Fsp3) is 0.500. The maximum absolute atomic E-state index is 13.0. The summed E-state index contributed by atoms with van der Waals surface area (Å²) in [6.45, 7) is 7.71. The van der Waals surface area contributed by atoms with Gasteiger partial charge in [-0.1, -0.05) is 32.9 Å². The van der Waals surface area contributed by atoms with E-state index in [1.54, 1.807) is 23.4 Å². The molecule has 32 heavy (non-hydrogen) atoms. The lowest BCUT2D eigenvalue weighted by Gasteiger charge is -2.33. The number of aryl methyl sites for hydroxylation is 1. The van der Waals surface area contributed by atoms with Crippen LogP contribution in [0, 0.1) is 12.3 Å². The number of nitrogens with one attached hydrogen (secondary N) is 1. The minimum absolute atomic E-state index is 0. The first-order chi connectivity index (χ1) is 14.5.